The second-order valence-electron chi connectivity index (χ2n) is 9.29. The van der Waals surface area contributed by atoms with E-state index in [1.165, 1.54) is 0 Å². The van der Waals surface area contributed by atoms with E-state index >= 15 is 0 Å². The molecule has 1 heterocycles. The fourth-order valence-corrected chi connectivity index (χ4v) is 3.92. The minimum Gasteiger partial charge on any atom is -0.417 e. The van der Waals surface area contributed by atoms with Gasteiger partial charge in [-0.2, -0.15) is 0 Å². The lowest BCUT2D eigenvalue weighted by atomic mass is 10.0. The normalized spacial score (nSPS) is 21.1. The smallest absolute Gasteiger partial charge is 0.254 e. The van der Waals surface area contributed by atoms with Crippen LogP contribution in [0.15, 0.2) is 30.3 Å². The molecule has 4 nitrogen and oxygen atoms in total. The molecule has 1 unspecified atom stereocenters. The van der Waals surface area contributed by atoms with Gasteiger partial charge in [-0.15, -0.1) is 0 Å². The molecule has 0 spiro atoms. The van der Waals surface area contributed by atoms with E-state index in [0.29, 0.717) is 19.8 Å². The van der Waals surface area contributed by atoms with Crippen molar-refractivity contribution >= 4 is 14.2 Å². The van der Waals surface area contributed by atoms with Crippen molar-refractivity contribution in [3.05, 3.63) is 35.9 Å². The molecule has 1 amide bonds. The van der Waals surface area contributed by atoms with Crippen molar-refractivity contribution in [2.24, 2.45) is 0 Å². The number of benzene rings is 1. The van der Waals surface area contributed by atoms with Crippen molar-refractivity contribution in [1.82, 2.24) is 4.90 Å². The maximum atomic E-state index is 12.9. The Bertz CT molecular complexity index is 607. The predicted molar refractivity (Wildman–Crippen MR) is 109 cm³/mol. The summed E-state index contributed by atoms with van der Waals surface area (Å²) >= 11 is 0. The van der Waals surface area contributed by atoms with E-state index in [9.17, 15) is 4.79 Å². The summed E-state index contributed by atoms with van der Waals surface area (Å²) in [6.45, 7) is 16.8. The summed E-state index contributed by atoms with van der Waals surface area (Å²) < 4.78 is 12.2. The number of hydrogen-bond donors (Lipinski definition) is 0. The molecule has 0 aromatic heterocycles. The molecule has 1 saturated heterocycles. The molecule has 1 aliphatic heterocycles. The third kappa shape index (κ3) is 4.96. The quantitative estimate of drug-likeness (QED) is 0.680. The van der Waals surface area contributed by atoms with E-state index in [-0.39, 0.29) is 17.0 Å². The average Bonchev–Trinajstić information content (AvgIpc) is 2.54. The van der Waals surface area contributed by atoms with Crippen molar-refractivity contribution in [3.8, 4) is 0 Å². The summed E-state index contributed by atoms with van der Waals surface area (Å²) in [5.74, 6) is 0.0601. The van der Waals surface area contributed by atoms with Gasteiger partial charge in [-0.05, 0) is 44.0 Å². The average molecular weight is 378 g/mol. The molecular formula is C21H35NO3Si. The zero-order valence-corrected chi connectivity index (χ0v) is 18.5. The lowest BCUT2D eigenvalue weighted by Gasteiger charge is -2.43. The number of nitrogens with zero attached hydrogens (tertiary/aromatic N) is 1. The Morgan fingerprint density at radius 2 is 1.85 bits per heavy atom. The molecule has 0 N–H and O–H groups in total. The lowest BCUT2D eigenvalue weighted by molar-refractivity contribution is -0.175. The van der Waals surface area contributed by atoms with E-state index in [1.807, 2.05) is 36.9 Å². The number of ether oxygens (including phenoxy) is 1. The Morgan fingerprint density at radius 1 is 1.23 bits per heavy atom. The van der Waals surface area contributed by atoms with E-state index < -0.39 is 13.9 Å². The molecule has 1 aliphatic rings. The second-order valence-corrected chi connectivity index (χ2v) is 14.1. The first-order chi connectivity index (χ1) is 11.9. The van der Waals surface area contributed by atoms with Crippen LogP contribution in [0.1, 0.15) is 46.6 Å². The minimum absolute atomic E-state index is 0.0560. The Kier molecular flexibility index (Phi) is 6.36. The van der Waals surface area contributed by atoms with Crippen molar-refractivity contribution in [2.75, 3.05) is 13.2 Å². The molecule has 2 rings (SSSR count). The maximum absolute atomic E-state index is 12.9. The highest BCUT2D eigenvalue weighted by Gasteiger charge is 2.42. The summed E-state index contributed by atoms with van der Waals surface area (Å²) in [7, 11) is -1.78. The van der Waals surface area contributed by atoms with Gasteiger partial charge in [0.1, 0.15) is 5.60 Å². The van der Waals surface area contributed by atoms with Gasteiger partial charge in [0.25, 0.3) is 5.91 Å². The van der Waals surface area contributed by atoms with Gasteiger partial charge in [0.15, 0.2) is 8.32 Å². The van der Waals surface area contributed by atoms with Gasteiger partial charge in [-0.25, -0.2) is 0 Å². The van der Waals surface area contributed by atoms with Gasteiger partial charge < -0.3 is 14.1 Å². The molecule has 0 bridgehead atoms. The Labute approximate surface area is 160 Å². The predicted octanol–water partition coefficient (Wildman–Crippen LogP) is 4.60. The Balaban J connectivity index is 2.06. The first-order valence-electron chi connectivity index (χ1n) is 9.57. The number of morpholine rings is 1. The first-order valence-corrected chi connectivity index (χ1v) is 12.5. The lowest BCUT2D eigenvalue weighted by Crippen LogP contribution is -2.58. The molecule has 1 aromatic carbocycles. The topological polar surface area (TPSA) is 38.8 Å². The van der Waals surface area contributed by atoms with Crippen LogP contribution in [0.5, 0.6) is 0 Å². The fraction of sp³-hybridized carbons (Fsp3) is 0.667. The van der Waals surface area contributed by atoms with Crippen LogP contribution < -0.4 is 0 Å². The summed E-state index contributed by atoms with van der Waals surface area (Å²) in [5.41, 5.74) is 0.389. The standard InChI is InChI=1S/C21H35NO3Si/c1-20(2,3)26(6,7)25-14-13-18-16-24-21(4,5)19(23)22(18)15-17-11-9-8-10-12-17/h8-12,18H,13-16H2,1-7H3. The van der Waals surface area contributed by atoms with E-state index in [4.69, 9.17) is 9.16 Å². The largest absolute Gasteiger partial charge is 0.417 e. The number of hydrogen-bond acceptors (Lipinski definition) is 3. The van der Waals surface area contributed by atoms with Gasteiger partial charge in [-0.3, -0.25) is 4.79 Å². The molecule has 146 valence electrons. The zero-order chi connectivity index (χ0) is 19.6. The van der Waals surface area contributed by atoms with Crippen LogP contribution >= 0.6 is 0 Å². The molecule has 0 aliphatic carbocycles. The molecular weight excluding hydrogens is 342 g/mol. The maximum Gasteiger partial charge on any atom is 0.254 e. The SMILES string of the molecule is CC1(C)OCC(CCO[Si](C)(C)C(C)(C)C)N(Cc2ccccc2)C1=O. The van der Waals surface area contributed by atoms with Crippen molar-refractivity contribution in [1.29, 1.82) is 0 Å². The highest BCUT2D eigenvalue weighted by Crippen LogP contribution is 2.37. The second kappa shape index (κ2) is 7.83. The summed E-state index contributed by atoms with van der Waals surface area (Å²) in [6, 6.07) is 10.2. The molecule has 1 atom stereocenters. The van der Waals surface area contributed by atoms with E-state index in [2.05, 4.69) is 46.0 Å². The Morgan fingerprint density at radius 3 is 2.42 bits per heavy atom. The van der Waals surface area contributed by atoms with Gasteiger partial charge >= 0.3 is 0 Å². The van der Waals surface area contributed by atoms with Crippen LogP contribution in [0.25, 0.3) is 0 Å². The van der Waals surface area contributed by atoms with Crippen molar-refractivity contribution in [3.63, 3.8) is 0 Å². The van der Waals surface area contributed by atoms with Crippen LogP contribution in [0.4, 0.5) is 0 Å². The molecule has 0 radical (unpaired) electrons. The molecule has 0 saturated carbocycles. The van der Waals surface area contributed by atoms with Crippen LogP contribution in [0, 0.1) is 0 Å². The highest BCUT2D eigenvalue weighted by atomic mass is 28.4. The highest BCUT2D eigenvalue weighted by molar-refractivity contribution is 6.74. The number of amides is 1. The molecule has 26 heavy (non-hydrogen) atoms. The summed E-state index contributed by atoms with van der Waals surface area (Å²) in [4.78, 5) is 14.9. The Hall–Kier alpha value is -1.17. The summed E-state index contributed by atoms with van der Waals surface area (Å²) in [5, 5.41) is 0.192. The molecule has 1 aromatic rings. The van der Waals surface area contributed by atoms with Crippen LogP contribution in [-0.2, 0) is 20.5 Å². The number of carbonyl (C=O) groups is 1. The van der Waals surface area contributed by atoms with Crippen LogP contribution in [0.3, 0.4) is 0 Å². The summed E-state index contributed by atoms with van der Waals surface area (Å²) in [6.07, 6.45) is 0.807. The molecule has 1 fully saturated rings. The first kappa shape index (κ1) is 21.1. The van der Waals surface area contributed by atoms with Gasteiger partial charge in [-0.1, -0.05) is 51.1 Å². The molecule has 5 heteroatoms. The monoisotopic (exact) mass is 377 g/mol. The van der Waals surface area contributed by atoms with Gasteiger partial charge in [0.2, 0.25) is 0 Å². The number of rotatable bonds is 6. The number of carbonyl (C=O) groups excluding carboxylic acids is 1. The van der Waals surface area contributed by atoms with E-state index in [0.717, 1.165) is 12.0 Å². The minimum atomic E-state index is -1.78. The fourth-order valence-electron chi connectivity index (χ4n) is 2.85. The zero-order valence-electron chi connectivity index (χ0n) is 17.5. The van der Waals surface area contributed by atoms with Crippen molar-refractivity contribution < 1.29 is 14.0 Å². The van der Waals surface area contributed by atoms with Crippen molar-refractivity contribution in [2.45, 2.75) is 77.4 Å². The van der Waals surface area contributed by atoms with Crippen LogP contribution in [0.2, 0.25) is 18.1 Å². The van der Waals surface area contributed by atoms with Gasteiger partial charge in [0, 0.05) is 13.2 Å². The van der Waals surface area contributed by atoms with Crippen LogP contribution in [-0.4, -0.2) is 44.0 Å². The third-order valence-corrected chi connectivity index (χ3v) is 10.3. The van der Waals surface area contributed by atoms with Gasteiger partial charge in [0.05, 0.1) is 12.6 Å². The van der Waals surface area contributed by atoms with E-state index in [1.54, 1.807) is 0 Å². The third-order valence-electron chi connectivity index (χ3n) is 5.77.